The zero-order chi connectivity index (χ0) is 10.3. The second-order valence-electron chi connectivity index (χ2n) is 2.09. The van der Waals surface area contributed by atoms with Crippen LogP contribution in [0.15, 0.2) is 0 Å². The summed E-state index contributed by atoms with van der Waals surface area (Å²) in [6.45, 7) is -0.263. The third-order valence-electron chi connectivity index (χ3n) is 1.05. The molecular weight excluding hydrogens is 178 g/mol. The molecule has 7 nitrogen and oxygen atoms in total. The number of nitrogens with two attached hydrogens (primary N) is 1. The maximum atomic E-state index is 10.7. The molecule has 7 heteroatoms. The van der Waals surface area contributed by atoms with E-state index < -0.39 is 17.9 Å². The van der Waals surface area contributed by atoms with Gasteiger partial charge in [-0.25, -0.2) is 4.79 Å². The lowest BCUT2D eigenvalue weighted by Gasteiger charge is -2.02. The zero-order valence-electron chi connectivity index (χ0n) is 7.12. The lowest BCUT2D eigenvalue weighted by molar-refractivity contribution is -0.139. The molecule has 0 radical (unpaired) electrons. The summed E-state index contributed by atoms with van der Waals surface area (Å²) in [5.74, 6) is -1.09. The summed E-state index contributed by atoms with van der Waals surface area (Å²) in [5, 5.41) is 4.27. The van der Waals surface area contributed by atoms with Gasteiger partial charge in [-0.05, 0) is 0 Å². The first-order valence-corrected chi connectivity index (χ1v) is 3.43. The Morgan fingerprint density at radius 1 is 1.31 bits per heavy atom. The molecule has 0 bridgehead atoms. The minimum absolute atomic E-state index is 0.0946. The zero-order valence-corrected chi connectivity index (χ0v) is 7.12. The number of carbonyl (C=O) groups excluding carboxylic acids is 3. The summed E-state index contributed by atoms with van der Waals surface area (Å²) in [7, 11) is 1.23. The molecule has 0 spiro atoms. The number of ether oxygens (including phenoxy) is 1. The lowest BCUT2D eigenvalue weighted by atomic mass is 10.5. The smallest absolute Gasteiger partial charge is 0.319 e. The van der Waals surface area contributed by atoms with Gasteiger partial charge in [-0.15, -0.1) is 0 Å². The van der Waals surface area contributed by atoms with Gasteiger partial charge in [-0.3, -0.25) is 20.2 Å². The number of carbonyl (C=O) groups is 3. The molecule has 0 atom stereocenters. The molecule has 0 aliphatic rings. The highest BCUT2D eigenvalue weighted by Crippen LogP contribution is 1.69. The van der Waals surface area contributed by atoms with Gasteiger partial charge in [0, 0.05) is 0 Å². The number of urea groups is 1. The number of primary amides is 1. The number of hydrogen-bond acceptors (Lipinski definition) is 5. The predicted molar refractivity (Wildman–Crippen MR) is 42.6 cm³/mol. The Balaban J connectivity index is 3.48. The van der Waals surface area contributed by atoms with Crippen molar-refractivity contribution >= 4 is 17.9 Å². The topological polar surface area (TPSA) is 111 Å². The van der Waals surface area contributed by atoms with E-state index >= 15 is 0 Å². The van der Waals surface area contributed by atoms with Crippen LogP contribution in [-0.4, -0.2) is 38.1 Å². The first-order chi connectivity index (χ1) is 6.06. The van der Waals surface area contributed by atoms with Crippen molar-refractivity contribution in [3.8, 4) is 0 Å². The van der Waals surface area contributed by atoms with Gasteiger partial charge < -0.3 is 10.5 Å². The van der Waals surface area contributed by atoms with Crippen molar-refractivity contribution in [1.29, 1.82) is 0 Å². The fraction of sp³-hybridized carbons (Fsp3) is 0.500. The number of imide groups is 1. The number of nitrogens with one attached hydrogen (secondary N) is 2. The van der Waals surface area contributed by atoms with Crippen molar-refractivity contribution in [1.82, 2.24) is 10.6 Å². The second-order valence-corrected chi connectivity index (χ2v) is 2.09. The van der Waals surface area contributed by atoms with Gasteiger partial charge in [0.1, 0.15) is 0 Å². The van der Waals surface area contributed by atoms with E-state index in [1.807, 2.05) is 5.32 Å². The van der Waals surface area contributed by atoms with Gasteiger partial charge >= 0.3 is 12.0 Å². The van der Waals surface area contributed by atoms with E-state index in [4.69, 9.17) is 0 Å². The summed E-state index contributed by atoms with van der Waals surface area (Å²) >= 11 is 0. The van der Waals surface area contributed by atoms with Crippen LogP contribution in [0.3, 0.4) is 0 Å². The second kappa shape index (κ2) is 5.95. The highest BCUT2D eigenvalue weighted by atomic mass is 16.5. The third kappa shape index (κ3) is 6.76. The van der Waals surface area contributed by atoms with Crippen LogP contribution in [0.1, 0.15) is 0 Å². The minimum Gasteiger partial charge on any atom is -0.468 e. The van der Waals surface area contributed by atoms with Crippen molar-refractivity contribution in [2.45, 2.75) is 0 Å². The summed E-state index contributed by atoms with van der Waals surface area (Å²) < 4.78 is 4.29. The molecule has 0 aromatic heterocycles. The molecule has 0 aliphatic heterocycles. The third-order valence-corrected chi connectivity index (χ3v) is 1.05. The Morgan fingerprint density at radius 3 is 2.38 bits per heavy atom. The maximum Gasteiger partial charge on any atom is 0.319 e. The molecule has 0 saturated carbocycles. The quantitative estimate of drug-likeness (QED) is 0.440. The van der Waals surface area contributed by atoms with Gasteiger partial charge in [0.2, 0.25) is 5.91 Å². The van der Waals surface area contributed by atoms with E-state index in [1.165, 1.54) is 7.11 Å². The van der Waals surface area contributed by atoms with Crippen molar-refractivity contribution in [2.24, 2.45) is 5.73 Å². The van der Waals surface area contributed by atoms with E-state index in [0.717, 1.165) is 0 Å². The highest BCUT2D eigenvalue weighted by molar-refractivity contribution is 5.94. The Hall–Kier alpha value is -1.63. The lowest BCUT2D eigenvalue weighted by Crippen LogP contribution is -2.41. The largest absolute Gasteiger partial charge is 0.468 e. The maximum absolute atomic E-state index is 10.7. The van der Waals surface area contributed by atoms with Crippen LogP contribution in [0.2, 0.25) is 0 Å². The van der Waals surface area contributed by atoms with E-state index in [1.54, 1.807) is 0 Å². The monoisotopic (exact) mass is 189 g/mol. The minimum atomic E-state index is -0.926. The summed E-state index contributed by atoms with van der Waals surface area (Å²) in [6.07, 6.45) is 0. The Kier molecular flexibility index (Phi) is 5.20. The number of hydrogen-bond donors (Lipinski definition) is 3. The molecule has 0 aromatic carbocycles. The molecule has 3 amide bonds. The number of methoxy groups -OCH3 is 1. The van der Waals surface area contributed by atoms with Crippen LogP contribution in [0, 0.1) is 0 Å². The molecule has 0 saturated heterocycles. The number of esters is 1. The Bertz CT molecular complexity index is 216. The predicted octanol–water partition coefficient (Wildman–Crippen LogP) is -2.06. The first kappa shape index (κ1) is 11.4. The van der Waals surface area contributed by atoms with Crippen molar-refractivity contribution in [2.75, 3.05) is 20.2 Å². The fourth-order valence-electron chi connectivity index (χ4n) is 0.532. The van der Waals surface area contributed by atoms with Crippen molar-refractivity contribution in [3.05, 3.63) is 0 Å². The van der Waals surface area contributed by atoms with E-state index in [-0.39, 0.29) is 13.1 Å². The van der Waals surface area contributed by atoms with Crippen LogP contribution in [-0.2, 0) is 14.3 Å². The fourth-order valence-corrected chi connectivity index (χ4v) is 0.532. The molecule has 74 valence electrons. The molecular formula is C6H11N3O4. The molecule has 13 heavy (non-hydrogen) atoms. The van der Waals surface area contributed by atoms with Crippen molar-refractivity contribution in [3.63, 3.8) is 0 Å². The summed E-state index contributed by atoms with van der Waals surface area (Å²) in [4.78, 5) is 31.3. The summed E-state index contributed by atoms with van der Waals surface area (Å²) in [6, 6.07) is -0.926. The molecule has 0 heterocycles. The van der Waals surface area contributed by atoms with E-state index in [9.17, 15) is 14.4 Å². The average molecular weight is 189 g/mol. The van der Waals surface area contributed by atoms with Crippen LogP contribution in [0.25, 0.3) is 0 Å². The SMILES string of the molecule is COC(=O)CNCC(=O)NC(N)=O. The van der Waals surface area contributed by atoms with Crippen LogP contribution >= 0.6 is 0 Å². The molecule has 0 rings (SSSR count). The van der Waals surface area contributed by atoms with Gasteiger partial charge in [0.25, 0.3) is 0 Å². The molecule has 4 N–H and O–H groups in total. The Morgan fingerprint density at radius 2 is 1.92 bits per heavy atom. The Labute approximate surface area is 74.6 Å². The number of rotatable bonds is 4. The average Bonchev–Trinajstić information content (AvgIpc) is 2.02. The van der Waals surface area contributed by atoms with Gasteiger partial charge in [-0.1, -0.05) is 0 Å². The first-order valence-electron chi connectivity index (χ1n) is 3.43. The normalized spacial score (nSPS) is 9.00. The summed E-state index contributed by atoms with van der Waals surface area (Å²) in [5.41, 5.74) is 4.66. The standard InChI is InChI=1S/C6H11N3O4/c1-13-5(11)3-8-2-4(10)9-6(7)12/h8H,2-3H2,1H3,(H3,7,9,10,12). The number of amides is 3. The van der Waals surface area contributed by atoms with Crippen LogP contribution in [0.4, 0.5) is 4.79 Å². The van der Waals surface area contributed by atoms with Crippen molar-refractivity contribution < 1.29 is 19.1 Å². The van der Waals surface area contributed by atoms with Gasteiger partial charge in [0.15, 0.2) is 0 Å². The molecule has 0 fully saturated rings. The van der Waals surface area contributed by atoms with Crippen LogP contribution in [0.5, 0.6) is 0 Å². The van der Waals surface area contributed by atoms with E-state index in [0.29, 0.717) is 0 Å². The molecule has 0 aliphatic carbocycles. The van der Waals surface area contributed by atoms with Crippen LogP contribution < -0.4 is 16.4 Å². The molecule has 0 aromatic rings. The highest BCUT2D eigenvalue weighted by Gasteiger charge is 2.04. The van der Waals surface area contributed by atoms with Gasteiger partial charge in [-0.2, -0.15) is 0 Å². The van der Waals surface area contributed by atoms with E-state index in [2.05, 4.69) is 15.8 Å². The van der Waals surface area contributed by atoms with Gasteiger partial charge in [0.05, 0.1) is 20.2 Å². The molecule has 0 unspecified atom stereocenters.